The summed E-state index contributed by atoms with van der Waals surface area (Å²) in [5, 5.41) is 10.5. The Balaban J connectivity index is 2.82. The Kier molecular flexibility index (Phi) is 3.47. The van der Waals surface area contributed by atoms with E-state index in [1.807, 2.05) is 12.3 Å². The van der Waals surface area contributed by atoms with Crippen molar-refractivity contribution in [3.63, 3.8) is 0 Å². The molecule has 0 aliphatic carbocycles. The molecule has 0 radical (unpaired) electrons. The molecule has 0 amide bonds. The van der Waals surface area contributed by atoms with E-state index in [1.165, 1.54) is 11.3 Å². The van der Waals surface area contributed by atoms with Gasteiger partial charge in [-0.15, -0.1) is 11.3 Å². The molecule has 0 aliphatic heterocycles. The summed E-state index contributed by atoms with van der Waals surface area (Å²) in [5.41, 5.74) is 6.76. The van der Waals surface area contributed by atoms with Crippen LogP contribution in [-0.2, 0) is 4.79 Å². The average Bonchev–Trinajstić information content (AvgIpc) is 2.31. The van der Waals surface area contributed by atoms with E-state index < -0.39 is 12.0 Å². The minimum absolute atomic E-state index is 0.0200. The SMILES string of the molecule is Cc1c(Br)csc1C(N)CC(=O)O. The maximum absolute atomic E-state index is 10.4. The standard InChI is InChI=1S/C8H10BrNO2S/c1-4-5(9)3-13-8(4)6(10)2-7(11)12/h3,6H,2,10H2,1H3,(H,11,12). The van der Waals surface area contributed by atoms with Gasteiger partial charge in [-0.05, 0) is 28.4 Å². The molecule has 1 aromatic heterocycles. The number of carboxylic acid groups (broad SMARTS) is 1. The quantitative estimate of drug-likeness (QED) is 0.880. The van der Waals surface area contributed by atoms with Crippen LogP contribution in [0.3, 0.4) is 0 Å². The fourth-order valence-electron chi connectivity index (χ4n) is 1.06. The lowest BCUT2D eigenvalue weighted by Crippen LogP contribution is -2.14. The van der Waals surface area contributed by atoms with E-state index in [1.54, 1.807) is 0 Å². The normalized spacial score (nSPS) is 12.8. The van der Waals surface area contributed by atoms with E-state index in [0.717, 1.165) is 14.9 Å². The van der Waals surface area contributed by atoms with Crippen molar-refractivity contribution < 1.29 is 9.90 Å². The molecule has 3 N–H and O–H groups in total. The third-order valence-electron chi connectivity index (χ3n) is 1.75. The van der Waals surface area contributed by atoms with Crippen molar-refractivity contribution >= 4 is 33.2 Å². The van der Waals surface area contributed by atoms with Crippen molar-refractivity contribution in [2.24, 2.45) is 5.73 Å². The molecule has 72 valence electrons. The zero-order valence-electron chi connectivity index (χ0n) is 7.08. The second-order valence-corrected chi connectivity index (χ2v) is 4.54. The Hall–Kier alpha value is -0.390. The van der Waals surface area contributed by atoms with Crippen LogP contribution < -0.4 is 5.73 Å². The number of hydrogen-bond donors (Lipinski definition) is 2. The first kappa shape index (κ1) is 10.7. The topological polar surface area (TPSA) is 63.3 Å². The summed E-state index contributed by atoms with van der Waals surface area (Å²) in [7, 11) is 0. The van der Waals surface area contributed by atoms with Crippen LogP contribution in [0.15, 0.2) is 9.85 Å². The Bertz CT molecular complexity index is 324. The highest BCUT2D eigenvalue weighted by Gasteiger charge is 2.15. The summed E-state index contributed by atoms with van der Waals surface area (Å²) in [6.45, 7) is 1.93. The first-order valence-electron chi connectivity index (χ1n) is 3.73. The predicted octanol–water partition coefficient (Wildman–Crippen LogP) is 2.29. The van der Waals surface area contributed by atoms with Crippen LogP contribution >= 0.6 is 27.3 Å². The lowest BCUT2D eigenvalue weighted by atomic mass is 10.1. The largest absolute Gasteiger partial charge is 0.481 e. The van der Waals surface area contributed by atoms with Crippen molar-refractivity contribution in [2.45, 2.75) is 19.4 Å². The first-order valence-corrected chi connectivity index (χ1v) is 5.40. The van der Waals surface area contributed by atoms with Crippen molar-refractivity contribution in [1.29, 1.82) is 0 Å². The molecule has 1 heterocycles. The van der Waals surface area contributed by atoms with Crippen molar-refractivity contribution in [1.82, 2.24) is 0 Å². The summed E-state index contributed by atoms with van der Waals surface area (Å²) in [4.78, 5) is 11.4. The monoisotopic (exact) mass is 263 g/mol. The molecule has 1 unspecified atom stereocenters. The molecule has 0 fully saturated rings. The van der Waals surface area contributed by atoms with Crippen LogP contribution in [0.2, 0.25) is 0 Å². The molecule has 13 heavy (non-hydrogen) atoms. The molecule has 0 saturated heterocycles. The third-order valence-corrected chi connectivity index (χ3v) is 4.09. The zero-order valence-corrected chi connectivity index (χ0v) is 9.48. The summed E-state index contributed by atoms with van der Waals surface area (Å²) < 4.78 is 0.994. The van der Waals surface area contributed by atoms with Crippen LogP contribution in [0.1, 0.15) is 22.9 Å². The Morgan fingerprint density at radius 1 is 1.85 bits per heavy atom. The minimum Gasteiger partial charge on any atom is -0.481 e. The van der Waals surface area contributed by atoms with Gasteiger partial charge in [-0.1, -0.05) is 0 Å². The molecule has 1 rings (SSSR count). The third kappa shape index (κ3) is 2.52. The van der Waals surface area contributed by atoms with Crippen molar-refractivity contribution in [2.75, 3.05) is 0 Å². The lowest BCUT2D eigenvalue weighted by Gasteiger charge is -2.07. The number of carbonyl (C=O) groups is 1. The van der Waals surface area contributed by atoms with E-state index >= 15 is 0 Å². The van der Waals surface area contributed by atoms with Crippen molar-refractivity contribution in [3.05, 3.63) is 20.3 Å². The molecule has 3 nitrogen and oxygen atoms in total. The highest BCUT2D eigenvalue weighted by atomic mass is 79.9. The molecule has 0 aromatic carbocycles. The highest BCUT2D eigenvalue weighted by molar-refractivity contribution is 9.10. The van der Waals surface area contributed by atoms with Gasteiger partial charge in [-0.3, -0.25) is 4.79 Å². The maximum Gasteiger partial charge on any atom is 0.305 e. The van der Waals surface area contributed by atoms with Crippen LogP contribution in [0.4, 0.5) is 0 Å². The molecular weight excluding hydrogens is 254 g/mol. The highest BCUT2D eigenvalue weighted by Crippen LogP contribution is 2.31. The van der Waals surface area contributed by atoms with E-state index in [0.29, 0.717) is 0 Å². The molecule has 0 saturated carbocycles. The average molecular weight is 264 g/mol. The Morgan fingerprint density at radius 3 is 2.85 bits per heavy atom. The van der Waals surface area contributed by atoms with Crippen LogP contribution in [0, 0.1) is 6.92 Å². The van der Waals surface area contributed by atoms with Crippen LogP contribution in [-0.4, -0.2) is 11.1 Å². The van der Waals surface area contributed by atoms with Gasteiger partial charge in [-0.2, -0.15) is 0 Å². The number of carboxylic acids is 1. The van der Waals surface area contributed by atoms with Crippen LogP contribution in [0.5, 0.6) is 0 Å². The van der Waals surface area contributed by atoms with E-state index in [9.17, 15) is 4.79 Å². The smallest absolute Gasteiger partial charge is 0.305 e. The van der Waals surface area contributed by atoms with E-state index in [-0.39, 0.29) is 6.42 Å². The Morgan fingerprint density at radius 2 is 2.46 bits per heavy atom. The number of aliphatic carboxylic acids is 1. The fraction of sp³-hybridized carbons (Fsp3) is 0.375. The molecular formula is C8H10BrNO2S. The summed E-state index contributed by atoms with van der Waals surface area (Å²) in [6, 6.07) is -0.395. The minimum atomic E-state index is -0.864. The van der Waals surface area contributed by atoms with Crippen molar-refractivity contribution in [3.8, 4) is 0 Å². The zero-order chi connectivity index (χ0) is 10.0. The van der Waals surface area contributed by atoms with E-state index in [2.05, 4.69) is 15.9 Å². The van der Waals surface area contributed by atoms with Gasteiger partial charge in [0.05, 0.1) is 6.42 Å². The van der Waals surface area contributed by atoms with Gasteiger partial charge in [0.1, 0.15) is 0 Å². The maximum atomic E-state index is 10.4. The molecule has 0 bridgehead atoms. The van der Waals surface area contributed by atoms with Gasteiger partial charge in [0.2, 0.25) is 0 Å². The summed E-state index contributed by atoms with van der Waals surface area (Å²) >= 11 is 4.85. The number of hydrogen-bond acceptors (Lipinski definition) is 3. The van der Waals surface area contributed by atoms with Gasteiger partial charge in [0.15, 0.2) is 0 Å². The van der Waals surface area contributed by atoms with Gasteiger partial charge in [0, 0.05) is 20.8 Å². The molecule has 0 aliphatic rings. The lowest BCUT2D eigenvalue weighted by molar-refractivity contribution is -0.137. The van der Waals surface area contributed by atoms with Gasteiger partial charge in [-0.25, -0.2) is 0 Å². The number of thiophene rings is 1. The number of rotatable bonds is 3. The van der Waals surface area contributed by atoms with Gasteiger partial charge in [0.25, 0.3) is 0 Å². The fourth-order valence-corrected chi connectivity index (χ4v) is 2.63. The van der Waals surface area contributed by atoms with E-state index in [4.69, 9.17) is 10.8 Å². The molecule has 1 atom stereocenters. The van der Waals surface area contributed by atoms with Gasteiger partial charge >= 0.3 is 5.97 Å². The molecule has 5 heteroatoms. The second-order valence-electron chi connectivity index (χ2n) is 2.78. The second kappa shape index (κ2) is 4.21. The van der Waals surface area contributed by atoms with Crippen LogP contribution in [0.25, 0.3) is 0 Å². The summed E-state index contributed by atoms with van der Waals surface area (Å²) in [6.07, 6.45) is -0.0200. The predicted molar refractivity (Wildman–Crippen MR) is 55.9 cm³/mol. The molecule has 1 aromatic rings. The number of halogens is 1. The number of nitrogens with two attached hydrogens (primary N) is 1. The Labute approximate surface area is 88.7 Å². The summed E-state index contributed by atoms with van der Waals surface area (Å²) in [5.74, 6) is -0.864. The molecule has 0 spiro atoms. The first-order chi connectivity index (χ1) is 6.02. The van der Waals surface area contributed by atoms with Gasteiger partial charge < -0.3 is 10.8 Å².